The van der Waals surface area contributed by atoms with Crippen LogP contribution in [-0.2, 0) is 9.59 Å². The standard InChI is InChI=1S/C18H21N5O2/c1-13-3-5-15(6-4-13)23-12-14(11-16(23)24)17(25)19-9-10-22-18-20-7-2-8-21-18/h2-8,14H,9-12H2,1H3,(H,19,25)(H,20,21,22)/t14-/m0/s1. The minimum Gasteiger partial charge on any atom is -0.354 e. The zero-order chi connectivity index (χ0) is 17.6. The van der Waals surface area contributed by atoms with Gasteiger partial charge in [-0.15, -0.1) is 0 Å². The van der Waals surface area contributed by atoms with Gasteiger partial charge in [0, 0.05) is 44.1 Å². The predicted molar refractivity (Wildman–Crippen MR) is 95.2 cm³/mol. The summed E-state index contributed by atoms with van der Waals surface area (Å²) in [5.74, 6) is 0.0960. The van der Waals surface area contributed by atoms with Crippen LogP contribution in [0.1, 0.15) is 12.0 Å². The molecule has 2 N–H and O–H groups in total. The van der Waals surface area contributed by atoms with Gasteiger partial charge in [-0.2, -0.15) is 0 Å². The largest absolute Gasteiger partial charge is 0.354 e. The fourth-order valence-electron chi connectivity index (χ4n) is 2.75. The number of amides is 2. The lowest BCUT2D eigenvalue weighted by atomic mass is 10.1. The molecule has 2 amide bonds. The first kappa shape index (κ1) is 16.9. The molecular weight excluding hydrogens is 318 g/mol. The van der Waals surface area contributed by atoms with Crippen molar-refractivity contribution in [2.45, 2.75) is 13.3 Å². The van der Waals surface area contributed by atoms with Crippen LogP contribution in [0.3, 0.4) is 0 Å². The topological polar surface area (TPSA) is 87.2 Å². The van der Waals surface area contributed by atoms with E-state index in [1.807, 2.05) is 31.2 Å². The van der Waals surface area contributed by atoms with Gasteiger partial charge in [0.05, 0.1) is 5.92 Å². The quantitative estimate of drug-likeness (QED) is 0.776. The molecule has 1 aromatic heterocycles. The van der Waals surface area contributed by atoms with Crippen LogP contribution in [0.4, 0.5) is 11.6 Å². The third kappa shape index (κ3) is 4.32. The summed E-state index contributed by atoms with van der Waals surface area (Å²) < 4.78 is 0. The number of rotatable bonds is 6. The van der Waals surface area contributed by atoms with Gasteiger partial charge in [-0.1, -0.05) is 17.7 Å². The minimum atomic E-state index is -0.318. The van der Waals surface area contributed by atoms with Gasteiger partial charge in [-0.25, -0.2) is 9.97 Å². The lowest BCUT2D eigenvalue weighted by molar-refractivity contribution is -0.126. The van der Waals surface area contributed by atoms with Crippen LogP contribution < -0.4 is 15.5 Å². The Morgan fingerprint density at radius 3 is 2.64 bits per heavy atom. The van der Waals surface area contributed by atoms with Crippen LogP contribution in [0, 0.1) is 12.8 Å². The number of hydrogen-bond acceptors (Lipinski definition) is 5. The number of anilines is 2. The molecule has 1 aliphatic rings. The maximum atomic E-state index is 12.3. The molecule has 0 saturated carbocycles. The molecule has 2 heterocycles. The molecule has 0 aliphatic carbocycles. The fourth-order valence-corrected chi connectivity index (χ4v) is 2.75. The first-order valence-electron chi connectivity index (χ1n) is 8.29. The van der Waals surface area contributed by atoms with Crippen LogP contribution in [0.15, 0.2) is 42.7 Å². The van der Waals surface area contributed by atoms with Gasteiger partial charge in [-0.05, 0) is 25.1 Å². The molecular formula is C18H21N5O2. The monoisotopic (exact) mass is 339 g/mol. The van der Waals surface area contributed by atoms with E-state index >= 15 is 0 Å². The number of nitrogens with zero attached hydrogens (tertiary/aromatic N) is 3. The van der Waals surface area contributed by atoms with Crippen LogP contribution >= 0.6 is 0 Å². The molecule has 1 fully saturated rings. The molecule has 7 heteroatoms. The smallest absolute Gasteiger partial charge is 0.227 e. The van der Waals surface area contributed by atoms with E-state index in [9.17, 15) is 9.59 Å². The summed E-state index contributed by atoms with van der Waals surface area (Å²) in [5, 5.41) is 5.89. The van der Waals surface area contributed by atoms with E-state index in [4.69, 9.17) is 0 Å². The number of aryl methyl sites for hydroxylation is 1. The van der Waals surface area contributed by atoms with E-state index in [1.54, 1.807) is 23.4 Å². The number of nitrogens with one attached hydrogen (secondary N) is 2. The molecule has 1 saturated heterocycles. The average molecular weight is 339 g/mol. The Balaban J connectivity index is 1.46. The van der Waals surface area contributed by atoms with Gasteiger partial charge in [-0.3, -0.25) is 9.59 Å². The molecule has 1 aliphatic heterocycles. The van der Waals surface area contributed by atoms with Gasteiger partial charge in [0.15, 0.2) is 0 Å². The molecule has 2 aromatic rings. The second kappa shape index (κ2) is 7.74. The summed E-state index contributed by atoms with van der Waals surface area (Å²) in [5.41, 5.74) is 1.98. The first-order valence-corrected chi connectivity index (χ1v) is 8.29. The molecule has 7 nitrogen and oxygen atoms in total. The Morgan fingerprint density at radius 1 is 1.20 bits per heavy atom. The van der Waals surface area contributed by atoms with E-state index < -0.39 is 0 Å². The molecule has 1 atom stereocenters. The highest BCUT2D eigenvalue weighted by Gasteiger charge is 2.34. The average Bonchev–Trinajstić information content (AvgIpc) is 3.02. The second-order valence-electron chi connectivity index (χ2n) is 6.03. The molecule has 0 bridgehead atoms. The van der Waals surface area contributed by atoms with Gasteiger partial charge < -0.3 is 15.5 Å². The Morgan fingerprint density at radius 2 is 1.92 bits per heavy atom. The zero-order valence-electron chi connectivity index (χ0n) is 14.1. The summed E-state index contributed by atoms with van der Waals surface area (Å²) in [4.78, 5) is 34.3. The van der Waals surface area contributed by atoms with Crippen molar-refractivity contribution in [2.24, 2.45) is 5.92 Å². The van der Waals surface area contributed by atoms with E-state index in [2.05, 4.69) is 20.6 Å². The van der Waals surface area contributed by atoms with Crippen molar-refractivity contribution in [3.05, 3.63) is 48.3 Å². The van der Waals surface area contributed by atoms with E-state index in [-0.39, 0.29) is 24.2 Å². The van der Waals surface area contributed by atoms with Crippen molar-refractivity contribution >= 4 is 23.5 Å². The minimum absolute atomic E-state index is 0.0141. The SMILES string of the molecule is Cc1ccc(N2C[C@@H](C(=O)NCCNc3ncccn3)CC2=O)cc1. The second-order valence-corrected chi connectivity index (χ2v) is 6.03. The summed E-state index contributed by atoms with van der Waals surface area (Å²) in [6, 6.07) is 9.50. The maximum absolute atomic E-state index is 12.3. The number of aromatic nitrogens is 2. The third-order valence-corrected chi connectivity index (χ3v) is 4.11. The normalized spacial score (nSPS) is 16.8. The van der Waals surface area contributed by atoms with Crippen LogP contribution in [0.5, 0.6) is 0 Å². The molecule has 0 radical (unpaired) electrons. The molecule has 25 heavy (non-hydrogen) atoms. The Hall–Kier alpha value is -2.96. The van der Waals surface area contributed by atoms with Crippen LogP contribution in [-0.4, -0.2) is 41.4 Å². The molecule has 1 aromatic carbocycles. The van der Waals surface area contributed by atoms with Gasteiger partial charge in [0.1, 0.15) is 0 Å². The third-order valence-electron chi connectivity index (χ3n) is 4.11. The van der Waals surface area contributed by atoms with Crippen molar-refractivity contribution in [2.75, 3.05) is 29.9 Å². The lowest BCUT2D eigenvalue weighted by Gasteiger charge is -2.17. The van der Waals surface area contributed by atoms with Crippen molar-refractivity contribution < 1.29 is 9.59 Å². The molecule has 0 unspecified atom stereocenters. The number of hydrogen-bond donors (Lipinski definition) is 2. The number of carbonyl (C=O) groups excluding carboxylic acids is 2. The highest BCUT2D eigenvalue weighted by Crippen LogP contribution is 2.25. The summed E-state index contributed by atoms with van der Waals surface area (Å²) in [7, 11) is 0. The number of carbonyl (C=O) groups is 2. The van der Waals surface area contributed by atoms with Gasteiger partial charge in [0.2, 0.25) is 17.8 Å². The summed E-state index contributed by atoms with van der Waals surface area (Å²) >= 11 is 0. The van der Waals surface area contributed by atoms with Gasteiger partial charge in [0.25, 0.3) is 0 Å². The first-order chi connectivity index (χ1) is 12.1. The van der Waals surface area contributed by atoms with Gasteiger partial charge >= 0.3 is 0 Å². The van der Waals surface area contributed by atoms with Crippen molar-refractivity contribution in [3.8, 4) is 0 Å². The molecule has 130 valence electrons. The van der Waals surface area contributed by atoms with Crippen molar-refractivity contribution in [1.29, 1.82) is 0 Å². The van der Waals surface area contributed by atoms with Crippen molar-refractivity contribution in [1.82, 2.24) is 15.3 Å². The van der Waals surface area contributed by atoms with Crippen LogP contribution in [0.25, 0.3) is 0 Å². The van der Waals surface area contributed by atoms with E-state index in [0.717, 1.165) is 11.3 Å². The Kier molecular flexibility index (Phi) is 5.23. The Labute approximate surface area is 146 Å². The zero-order valence-corrected chi connectivity index (χ0v) is 14.1. The lowest BCUT2D eigenvalue weighted by Crippen LogP contribution is -2.35. The highest BCUT2D eigenvalue weighted by atomic mass is 16.2. The summed E-state index contributed by atoms with van der Waals surface area (Å²) in [6.45, 7) is 3.40. The van der Waals surface area contributed by atoms with Crippen molar-refractivity contribution in [3.63, 3.8) is 0 Å². The molecule has 0 spiro atoms. The highest BCUT2D eigenvalue weighted by molar-refractivity contribution is 6.00. The fraction of sp³-hybridized carbons (Fsp3) is 0.333. The van der Waals surface area contributed by atoms with E-state index in [1.165, 1.54) is 0 Å². The molecule has 3 rings (SSSR count). The summed E-state index contributed by atoms with van der Waals surface area (Å²) in [6.07, 6.45) is 3.55. The predicted octanol–water partition coefficient (Wildman–Crippen LogP) is 1.37. The maximum Gasteiger partial charge on any atom is 0.227 e. The van der Waals surface area contributed by atoms with E-state index in [0.29, 0.717) is 25.6 Å². The number of benzene rings is 1. The Bertz CT molecular complexity index is 733. The van der Waals surface area contributed by atoms with Crippen LogP contribution in [0.2, 0.25) is 0 Å².